The number of nitrogens with zero attached hydrogens (tertiary/aromatic N) is 2. The number of hydrogen-bond donors (Lipinski definition) is 2. The largest absolute Gasteiger partial charge is 0.340 e. The molecule has 1 unspecified atom stereocenters. The molecule has 0 bridgehead atoms. The zero-order valence-corrected chi connectivity index (χ0v) is 18.1. The lowest BCUT2D eigenvalue weighted by Crippen LogP contribution is -2.44. The van der Waals surface area contributed by atoms with Crippen molar-refractivity contribution in [2.75, 3.05) is 17.3 Å². The third-order valence-electron chi connectivity index (χ3n) is 4.47. The number of halogens is 1. The molecule has 0 aliphatic rings. The predicted octanol–water partition coefficient (Wildman–Crippen LogP) is 4.08. The van der Waals surface area contributed by atoms with E-state index in [4.69, 9.17) is 11.6 Å². The highest BCUT2D eigenvalue weighted by Gasteiger charge is 2.22. The van der Waals surface area contributed by atoms with Gasteiger partial charge in [-0.2, -0.15) is 11.8 Å². The molecule has 0 aliphatic carbocycles. The highest BCUT2D eigenvalue weighted by molar-refractivity contribution is 7.98. The molecule has 0 aliphatic heterocycles. The maximum Gasteiger partial charge on any atom is 0.253 e. The quantitative estimate of drug-likeness (QED) is 0.523. The number of benzene rings is 2. The number of carbonyl (C=O) groups is 2. The lowest BCUT2D eigenvalue weighted by Gasteiger charge is -2.19. The standard InChI is InChI=1S/C22H23ClN4O2S/c1-30-12-9-20(26-21(28)18-7-2-3-8-19(18)23)22(29)25-17-6-4-5-16(13-17)14-27-11-10-24-15-27/h2-8,10-11,13,15,20H,9,12,14H2,1H3,(H,25,29)(H,26,28). The van der Waals surface area contributed by atoms with Gasteiger partial charge in [-0.25, -0.2) is 4.98 Å². The van der Waals surface area contributed by atoms with Crippen molar-refractivity contribution >= 4 is 40.9 Å². The first-order valence-electron chi connectivity index (χ1n) is 9.46. The molecule has 0 radical (unpaired) electrons. The zero-order chi connectivity index (χ0) is 21.3. The van der Waals surface area contributed by atoms with Crippen LogP contribution < -0.4 is 10.6 Å². The third kappa shape index (κ3) is 6.11. The molecule has 8 heteroatoms. The van der Waals surface area contributed by atoms with E-state index in [-0.39, 0.29) is 11.8 Å². The molecule has 0 fully saturated rings. The second-order valence-electron chi connectivity index (χ2n) is 6.71. The Kier molecular flexibility index (Phi) is 7.93. The maximum absolute atomic E-state index is 12.9. The highest BCUT2D eigenvalue weighted by Crippen LogP contribution is 2.16. The van der Waals surface area contributed by atoms with Gasteiger partial charge in [0.1, 0.15) is 6.04 Å². The molecule has 30 heavy (non-hydrogen) atoms. The van der Waals surface area contributed by atoms with Crippen molar-refractivity contribution in [3.05, 3.63) is 83.4 Å². The second-order valence-corrected chi connectivity index (χ2v) is 8.10. The molecule has 1 atom stereocenters. The van der Waals surface area contributed by atoms with Gasteiger partial charge < -0.3 is 15.2 Å². The molecular formula is C22H23ClN4O2S. The zero-order valence-electron chi connectivity index (χ0n) is 16.5. The van der Waals surface area contributed by atoms with Crippen LogP contribution in [-0.4, -0.2) is 39.4 Å². The fourth-order valence-corrected chi connectivity index (χ4v) is 3.65. The van der Waals surface area contributed by atoms with Gasteiger partial charge in [0.15, 0.2) is 0 Å². The van der Waals surface area contributed by atoms with E-state index in [2.05, 4.69) is 15.6 Å². The van der Waals surface area contributed by atoms with Crippen LogP contribution in [0, 0.1) is 0 Å². The fraction of sp³-hybridized carbons (Fsp3) is 0.227. The molecule has 0 saturated heterocycles. The summed E-state index contributed by atoms with van der Waals surface area (Å²) in [5.74, 6) is 0.113. The average Bonchev–Trinajstić information content (AvgIpc) is 3.24. The number of carbonyl (C=O) groups excluding carboxylic acids is 2. The first-order valence-corrected chi connectivity index (χ1v) is 11.2. The van der Waals surface area contributed by atoms with E-state index in [1.807, 2.05) is 41.3 Å². The molecule has 2 amide bonds. The van der Waals surface area contributed by atoms with Crippen molar-refractivity contribution in [2.24, 2.45) is 0 Å². The Morgan fingerprint density at radius 3 is 2.77 bits per heavy atom. The Morgan fingerprint density at radius 2 is 2.03 bits per heavy atom. The van der Waals surface area contributed by atoms with Gasteiger partial charge in [-0.15, -0.1) is 0 Å². The molecule has 2 aromatic carbocycles. The minimum Gasteiger partial charge on any atom is -0.340 e. The second kappa shape index (κ2) is 10.8. The van der Waals surface area contributed by atoms with Crippen LogP contribution in [0.5, 0.6) is 0 Å². The van der Waals surface area contributed by atoms with Crippen molar-refractivity contribution in [1.82, 2.24) is 14.9 Å². The summed E-state index contributed by atoms with van der Waals surface area (Å²) in [6.45, 7) is 0.656. The van der Waals surface area contributed by atoms with Gasteiger partial charge in [-0.05, 0) is 48.3 Å². The van der Waals surface area contributed by atoms with Crippen molar-refractivity contribution in [3.63, 3.8) is 0 Å². The number of rotatable bonds is 9. The predicted molar refractivity (Wildman–Crippen MR) is 122 cm³/mol. The van der Waals surface area contributed by atoms with Crippen LogP contribution in [-0.2, 0) is 11.3 Å². The number of imidazole rings is 1. The van der Waals surface area contributed by atoms with Crippen LogP contribution in [0.4, 0.5) is 5.69 Å². The van der Waals surface area contributed by atoms with Crippen molar-refractivity contribution < 1.29 is 9.59 Å². The smallest absolute Gasteiger partial charge is 0.253 e. The van der Waals surface area contributed by atoms with Crippen LogP contribution in [0.3, 0.4) is 0 Å². The molecule has 0 saturated carbocycles. The first kappa shape index (κ1) is 21.9. The summed E-state index contributed by atoms with van der Waals surface area (Å²) in [6, 6.07) is 13.7. The molecule has 3 aromatic rings. The Labute approximate surface area is 185 Å². The highest BCUT2D eigenvalue weighted by atomic mass is 35.5. The van der Waals surface area contributed by atoms with Gasteiger partial charge in [-0.3, -0.25) is 9.59 Å². The Hall–Kier alpha value is -2.77. The SMILES string of the molecule is CSCCC(NC(=O)c1ccccc1Cl)C(=O)Nc1cccc(Cn2ccnc2)c1. The van der Waals surface area contributed by atoms with Gasteiger partial charge in [-0.1, -0.05) is 35.9 Å². The molecule has 0 spiro atoms. The molecule has 1 aromatic heterocycles. The molecule has 1 heterocycles. The van der Waals surface area contributed by atoms with E-state index in [0.29, 0.717) is 29.2 Å². The number of anilines is 1. The lowest BCUT2D eigenvalue weighted by molar-refractivity contribution is -0.118. The van der Waals surface area contributed by atoms with Crippen molar-refractivity contribution in [1.29, 1.82) is 0 Å². The van der Waals surface area contributed by atoms with E-state index in [0.717, 1.165) is 11.3 Å². The van der Waals surface area contributed by atoms with Crippen LogP contribution in [0.2, 0.25) is 5.02 Å². The monoisotopic (exact) mass is 442 g/mol. The van der Waals surface area contributed by atoms with Crippen LogP contribution in [0.25, 0.3) is 0 Å². The van der Waals surface area contributed by atoms with Gasteiger partial charge in [0.25, 0.3) is 5.91 Å². The number of nitrogens with one attached hydrogen (secondary N) is 2. The lowest BCUT2D eigenvalue weighted by atomic mass is 10.1. The first-order chi connectivity index (χ1) is 14.6. The van der Waals surface area contributed by atoms with E-state index in [1.165, 1.54) is 0 Å². The van der Waals surface area contributed by atoms with Crippen LogP contribution >= 0.6 is 23.4 Å². The summed E-state index contributed by atoms with van der Waals surface area (Å²) in [5, 5.41) is 6.09. The molecular weight excluding hydrogens is 420 g/mol. The molecule has 156 valence electrons. The summed E-state index contributed by atoms with van der Waals surface area (Å²) in [5.41, 5.74) is 2.06. The van der Waals surface area contributed by atoms with E-state index in [9.17, 15) is 9.59 Å². The summed E-state index contributed by atoms with van der Waals surface area (Å²) >= 11 is 7.74. The van der Waals surface area contributed by atoms with Crippen molar-refractivity contribution in [3.8, 4) is 0 Å². The maximum atomic E-state index is 12.9. The summed E-state index contributed by atoms with van der Waals surface area (Å²) in [6.07, 6.45) is 7.83. The van der Waals surface area contributed by atoms with Gasteiger partial charge >= 0.3 is 0 Å². The summed E-state index contributed by atoms with van der Waals surface area (Å²) < 4.78 is 1.95. The van der Waals surface area contributed by atoms with Crippen LogP contribution in [0.15, 0.2) is 67.3 Å². The molecule has 2 N–H and O–H groups in total. The van der Waals surface area contributed by atoms with E-state index >= 15 is 0 Å². The third-order valence-corrected chi connectivity index (χ3v) is 5.44. The minimum atomic E-state index is -0.668. The number of thioether (sulfide) groups is 1. The molecule has 6 nitrogen and oxygen atoms in total. The Balaban J connectivity index is 1.69. The summed E-state index contributed by atoms with van der Waals surface area (Å²) in [4.78, 5) is 29.6. The van der Waals surface area contributed by atoms with Gasteiger partial charge in [0, 0.05) is 24.6 Å². The van der Waals surface area contributed by atoms with Gasteiger partial charge in [0.05, 0.1) is 16.9 Å². The minimum absolute atomic E-state index is 0.260. The van der Waals surface area contributed by atoms with Crippen LogP contribution in [0.1, 0.15) is 22.3 Å². The Morgan fingerprint density at radius 1 is 1.20 bits per heavy atom. The fourth-order valence-electron chi connectivity index (χ4n) is 2.95. The average molecular weight is 443 g/mol. The number of amides is 2. The number of hydrogen-bond acceptors (Lipinski definition) is 4. The topological polar surface area (TPSA) is 76.0 Å². The Bertz CT molecular complexity index is 994. The summed E-state index contributed by atoms with van der Waals surface area (Å²) in [7, 11) is 0. The number of aromatic nitrogens is 2. The van der Waals surface area contributed by atoms with Gasteiger partial charge in [0.2, 0.25) is 5.91 Å². The normalized spacial score (nSPS) is 11.7. The van der Waals surface area contributed by atoms with E-state index < -0.39 is 6.04 Å². The van der Waals surface area contributed by atoms with Crippen molar-refractivity contribution in [2.45, 2.75) is 19.0 Å². The molecule has 3 rings (SSSR count). The van der Waals surface area contributed by atoms with E-state index in [1.54, 1.807) is 48.6 Å².